The van der Waals surface area contributed by atoms with Crippen LogP contribution in [-0.2, 0) is 0 Å². The van der Waals surface area contributed by atoms with Crippen LogP contribution in [0.3, 0.4) is 0 Å². The normalized spacial score (nSPS) is 8.07. The topological polar surface area (TPSA) is 0 Å². The first kappa shape index (κ1) is 21.2. The summed E-state index contributed by atoms with van der Waals surface area (Å²) in [5.41, 5.74) is 0. The van der Waals surface area contributed by atoms with Gasteiger partial charge in [0.05, 0.1) is 3.57 Å². The molecule has 8 heteroatoms. The van der Waals surface area contributed by atoms with Crippen molar-refractivity contribution in [3.05, 3.63) is 32.9 Å². The Hall–Kier alpha value is 1.90. The average Bonchev–Trinajstić information content (AvgIpc) is 1.97. The van der Waals surface area contributed by atoms with Crippen molar-refractivity contribution in [2.75, 3.05) is 0 Å². The van der Waals surface area contributed by atoms with E-state index in [4.69, 9.17) is 0 Å². The molecule has 76 valence electrons. The zero-order chi connectivity index (χ0) is 8.59. The van der Waals surface area contributed by atoms with E-state index in [1.54, 1.807) is 0 Å². The van der Waals surface area contributed by atoms with E-state index in [0.717, 1.165) is 0 Å². The van der Waals surface area contributed by atoms with E-state index in [0.29, 0.717) is 0 Å². The molecule has 0 radical (unpaired) electrons. The molecule has 0 saturated carbocycles. The third-order valence-electron chi connectivity index (χ3n) is 1.06. The van der Waals surface area contributed by atoms with Gasteiger partial charge in [-0.15, -0.1) is 0 Å². The second kappa shape index (κ2) is 8.98. The molecule has 0 saturated heterocycles. The Bertz CT molecular complexity index is 281. The molecular weight excluding hydrogens is 553 g/mol. The van der Waals surface area contributed by atoms with Crippen LogP contribution in [0.2, 0.25) is 0 Å². The first-order valence-corrected chi connectivity index (χ1v) is 3.60. The van der Waals surface area contributed by atoms with Crippen molar-refractivity contribution in [2.45, 2.75) is 0 Å². The Morgan fingerprint density at radius 1 is 0.857 bits per heavy atom. The van der Waals surface area contributed by atoms with E-state index in [-0.39, 0.29) is 77.1 Å². The predicted molar refractivity (Wildman–Crippen MR) is 44.7 cm³/mol. The summed E-state index contributed by atoms with van der Waals surface area (Å²) in [5, 5.41) is 0. The minimum Gasteiger partial charge on any atom is -1.00 e. The Morgan fingerprint density at radius 3 is 1.43 bits per heavy atom. The van der Waals surface area contributed by atoms with Crippen molar-refractivity contribution in [1.29, 1.82) is 0 Å². The number of benzene rings is 1. The minimum atomic E-state index is -1.38. The summed E-state index contributed by atoms with van der Waals surface area (Å²) >= 11 is 1.19. The maximum Gasteiger partial charge on any atom is 2.00 e. The molecule has 0 nitrogen and oxygen atoms in total. The molecule has 0 atom stereocenters. The van der Waals surface area contributed by atoms with Crippen LogP contribution >= 0.6 is 22.6 Å². The third kappa shape index (κ3) is 4.82. The fourth-order valence-electron chi connectivity index (χ4n) is 0.544. The van der Waals surface area contributed by atoms with E-state index in [9.17, 15) is 17.6 Å². The van der Waals surface area contributed by atoms with Gasteiger partial charge in [0.15, 0.2) is 23.3 Å². The van der Waals surface area contributed by atoms with Crippen molar-refractivity contribution in [3.63, 3.8) is 0 Å². The van der Waals surface area contributed by atoms with Crippen LogP contribution in [0.5, 0.6) is 0 Å². The predicted octanol–water partition coefficient (Wildman–Crippen LogP) is -3.53. The molecule has 1 rings (SSSR count). The zero-order valence-corrected chi connectivity index (χ0v) is 14.3. The number of hydrogen-bond acceptors (Lipinski definition) is 0. The Labute approximate surface area is 142 Å². The van der Waals surface area contributed by atoms with Gasteiger partial charge in [0.2, 0.25) is 0 Å². The van der Waals surface area contributed by atoms with Crippen LogP contribution in [0, 0.1) is 26.8 Å². The van der Waals surface area contributed by atoms with E-state index >= 15 is 0 Å². The molecule has 0 bridgehead atoms. The van der Waals surface area contributed by atoms with Gasteiger partial charge in [0.25, 0.3) is 0 Å². The monoisotopic (exact) mass is 554 g/mol. The third-order valence-corrected chi connectivity index (χ3v) is 2.01. The first-order valence-electron chi connectivity index (χ1n) is 2.52. The molecule has 0 aliphatic carbocycles. The van der Waals surface area contributed by atoms with Crippen molar-refractivity contribution in [1.82, 2.24) is 0 Å². The maximum atomic E-state index is 12.4. The molecule has 0 aromatic heterocycles. The van der Waals surface area contributed by atoms with E-state index < -0.39 is 26.8 Å². The van der Waals surface area contributed by atoms with Gasteiger partial charge in [-0.3, -0.25) is 0 Å². The SMILES string of the molecule is Fc1cc(F)c(F)c(I)c1F.[I-].[I-].[Mg+2]. The van der Waals surface area contributed by atoms with Crippen molar-refractivity contribution < 1.29 is 65.5 Å². The van der Waals surface area contributed by atoms with E-state index in [1.165, 1.54) is 22.6 Å². The summed E-state index contributed by atoms with van der Waals surface area (Å²) in [6.07, 6.45) is 0. The second-order valence-corrected chi connectivity index (χ2v) is 2.86. The summed E-state index contributed by atoms with van der Waals surface area (Å²) in [4.78, 5) is 0. The summed E-state index contributed by atoms with van der Waals surface area (Å²) < 4.78 is 48.6. The summed E-state index contributed by atoms with van der Waals surface area (Å²) in [6, 6.07) is 0.173. The smallest absolute Gasteiger partial charge is 1.00 e. The Kier molecular flexibility index (Phi) is 13.6. The van der Waals surface area contributed by atoms with Gasteiger partial charge < -0.3 is 48.0 Å². The number of hydrogen-bond donors (Lipinski definition) is 0. The largest absolute Gasteiger partial charge is 2.00 e. The van der Waals surface area contributed by atoms with Gasteiger partial charge in [0, 0.05) is 6.07 Å². The van der Waals surface area contributed by atoms with Crippen LogP contribution in [0.1, 0.15) is 0 Å². The van der Waals surface area contributed by atoms with E-state index in [1.807, 2.05) is 0 Å². The molecule has 0 aliphatic rings. The quantitative estimate of drug-likeness (QED) is 0.103. The van der Waals surface area contributed by atoms with Crippen LogP contribution in [0.15, 0.2) is 6.07 Å². The number of halogens is 7. The van der Waals surface area contributed by atoms with E-state index in [2.05, 4.69) is 0 Å². The van der Waals surface area contributed by atoms with Crippen LogP contribution < -0.4 is 48.0 Å². The summed E-state index contributed by atoms with van der Waals surface area (Å²) in [6.45, 7) is 0. The Balaban J connectivity index is -0.000000403. The summed E-state index contributed by atoms with van der Waals surface area (Å²) in [5.74, 6) is -5.48. The fraction of sp³-hybridized carbons (Fsp3) is 0. The average molecular weight is 554 g/mol. The van der Waals surface area contributed by atoms with Crippen molar-refractivity contribution in [2.24, 2.45) is 0 Å². The van der Waals surface area contributed by atoms with Crippen LogP contribution in [0.25, 0.3) is 0 Å². The molecule has 0 N–H and O–H groups in total. The zero-order valence-electron chi connectivity index (χ0n) is 6.43. The molecule has 14 heavy (non-hydrogen) atoms. The van der Waals surface area contributed by atoms with Crippen molar-refractivity contribution in [3.8, 4) is 0 Å². The molecule has 0 amide bonds. The Morgan fingerprint density at radius 2 is 1.14 bits per heavy atom. The van der Waals surface area contributed by atoms with Crippen LogP contribution in [-0.4, -0.2) is 23.1 Å². The molecule has 1 aromatic carbocycles. The van der Waals surface area contributed by atoms with Gasteiger partial charge in [-0.2, -0.15) is 0 Å². The second-order valence-electron chi connectivity index (χ2n) is 1.78. The van der Waals surface area contributed by atoms with Crippen molar-refractivity contribution >= 4 is 45.6 Å². The molecule has 0 fully saturated rings. The van der Waals surface area contributed by atoms with Gasteiger partial charge in [0.1, 0.15) is 0 Å². The van der Waals surface area contributed by atoms with Gasteiger partial charge in [-0.1, -0.05) is 0 Å². The molecular formula is C6HF4I3Mg. The fourth-order valence-corrected chi connectivity index (χ4v) is 1.06. The molecule has 0 aliphatic heterocycles. The molecule has 0 unspecified atom stereocenters. The minimum absolute atomic E-state index is 0. The molecule has 1 aromatic rings. The number of rotatable bonds is 0. The van der Waals surface area contributed by atoms with Gasteiger partial charge >= 0.3 is 23.1 Å². The summed E-state index contributed by atoms with van der Waals surface area (Å²) in [7, 11) is 0. The maximum absolute atomic E-state index is 12.4. The first-order chi connectivity index (χ1) is 5.04. The standard InChI is InChI=1S/C6HF4I.2HI.Mg/c7-2-1-3(8)5(10)6(11)4(2)9;;;/h1H;2*1H;/q;;;+2/p-2. The molecule has 0 spiro atoms. The van der Waals surface area contributed by atoms with Gasteiger partial charge in [-0.05, 0) is 22.6 Å². The van der Waals surface area contributed by atoms with Crippen LogP contribution in [0.4, 0.5) is 17.6 Å². The van der Waals surface area contributed by atoms with Gasteiger partial charge in [-0.25, -0.2) is 17.6 Å². The molecule has 0 heterocycles.